The second-order valence-electron chi connectivity index (χ2n) is 5.33. The summed E-state index contributed by atoms with van der Waals surface area (Å²) in [6.45, 7) is 6.39. The minimum atomic E-state index is 0.0441. The van der Waals surface area contributed by atoms with Gasteiger partial charge in [-0.1, -0.05) is 44.2 Å². The van der Waals surface area contributed by atoms with Gasteiger partial charge in [0.05, 0.1) is 16.0 Å². The lowest BCUT2D eigenvalue weighted by atomic mass is 10.00. The molecule has 1 heterocycles. The first kappa shape index (κ1) is 16.1. The van der Waals surface area contributed by atoms with Gasteiger partial charge in [0.2, 0.25) is 5.91 Å². The molecule has 0 aliphatic heterocycles. The maximum Gasteiger partial charge on any atom is 0.230 e. The van der Waals surface area contributed by atoms with Crippen molar-refractivity contribution in [2.24, 2.45) is 0 Å². The molecular formula is C17H21NOS2. The molecule has 1 aromatic carbocycles. The van der Waals surface area contributed by atoms with Crippen molar-refractivity contribution in [1.82, 2.24) is 5.32 Å². The Labute approximate surface area is 135 Å². The molecule has 112 valence electrons. The number of thiophene rings is 1. The molecule has 21 heavy (non-hydrogen) atoms. The summed E-state index contributed by atoms with van der Waals surface area (Å²) in [7, 11) is 0. The van der Waals surface area contributed by atoms with E-state index < -0.39 is 0 Å². The molecule has 2 rings (SSSR count). The standard InChI is InChI=1S/C17H21NOS2/c1-12(2)14-6-8-15(9-7-14)13(3)18-16(19)11-21-17-5-4-10-20-17/h4-10,12-13H,11H2,1-3H3,(H,18,19). The van der Waals surface area contributed by atoms with E-state index >= 15 is 0 Å². The lowest BCUT2D eigenvalue weighted by Gasteiger charge is -2.15. The number of carbonyl (C=O) groups is 1. The molecule has 0 aliphatic rings. The maximum atomic E-state index is 12.0. The zero-order chi connectivity index (χ0) is 15.2. The third-order valence-electron chi connectivity index (χ3n) is 3.32. The Morgan fingerprint density at radius 1 is 1.14 bits per heavy atom. The van der Waals surface area contributed by atoms with Gasteiger partial charge < -0.3 is 5.32 Å². The lowest BCUT2D eigenvalue weighted by molar-refractivity contribution is -0.119. The van der Waals surface area contributed by atoms with E-state index in [1.54, 1.807) is 23.1 Å². The average Bonchev–Trinajstić information content (AvgIpc) is 2.98. The quantitative estimate of drug-likeness (QED) is 0.772. The van der Waals surface area contributed by atoms with E-state index in [0.29, 0.717) is 11.7 Å². The third kappa shape index (κ3) is 4.90. The Hall–Kier alpha value is -1.26. The van der Waals surface area contributed by atoms with E-state index in [2.05, 4.69) is 43.4 Å². The molecule has 1 aromatic heterocycles. The van der Waals surface area contributed by atoms with E-state index in [1.165, 1.54) is 9.77 Å². The van der Waals surface area contributed by atoms with E-state index in [4.69, 9.17) is 0 Å². The number of rotatable bonds is 6. The first-order valence-corrected chi connectivity index (χ1v) is 8.98. The molecule has 1 N–H and O–H groups in total. The summed E-state index contributed by atoms with van der Waals surface area (Å²) in [5.41, 5.74) is 2.47. The first-order chi connectivity index (χ1) is 10.1. The van der Waals surface area contributed by atoms with Gasteiger partial charge in [-0.15, -0.1) is 23.1 Å². The molecular weight excluding hydrogens is 298 g/mol. The summed E-state index contributed by atoms with van der Waals surface area (Å²) in [5, 5.41) is 5.08. The first-order valence-electron chi connectivity index (χ1n) is 7.12. The summed E-state index contributed by atoms with van der Waals surface area (Å²) in [6, 6.07) is 12.6. The van der Waals surface area contributed by atoms with Gasteiger partial charge >= 0.3 is 0 Å². The number of carbonyl (C=O) groups excluding carboxylic acids is 1. The molecule has 0 saturated carbocycles. The van der Waals surface area contributed by atoms with Crippen LogP contribution >= 0.6 is 23.1 Å². The van der Waals surface area contributed by atoms with Gasteiger partial charge in [0.1, 0.15) is 0 Å². The highest BCUT2D eigenvalue weighted by Gasteiger charge is 2.10. The normalized spacial score (nSPS) is 12.4. The molecule has 4 heteroatoms. The van der Waals surface area contributed by atoms with Crippen LogP contribution in [0.15, 0.2) is 46.0 Å². The molecule has 0 fully saturated rings. The zero-order valence-corrected chi connectivity index (χ0v) is 14.3. The van der Waals surface area contributed by atoms with Crippen LogP contribution in [-0.2, 0) is 4.79 Å². The van der Waals surface area contributed by atoms with Crippen molar-refractivity contribution in [3.8, 4) is 0 Å². The van der Waals surface area contributed by atoms with Crippen molar-refractivity contribution < 1.29 is 4.79 Å². The van der Waals surface area contributed by atoms with Gasteiger partial charge in [-0.2, -0.15) is 0 Å². The molecule has 0 radical (unpaired) electrons. The van der Waals surface area contributed by atoms with Crippen LogP contribution in [0.2, 0.25) is 0 Å². The molecule has 2 nitrogen and oxygen atoms in total. The average molecular weight is 319 g/mol. The predicted molar refractivity (Wildman–Crippen MR) is 92.1 cm³/mol. The monoisotopic (exact) mass is 319 g/mol. The summed E-state index contributed by atoms with van der Waals surface area (Å²) in [4.78, 5) is 12.0. The van der Waals surface area contributed by atoms with E-state index in [1.807, 2.05) is 24.4 Å². The van der Waals surface area contributed by atoms with Crippen molar-refractivity contribution in [2.75, 3.05) is 5.75 Å². The van der Waals surface area contributed by atoms with Crippen LogP contribution in [0.25, 0.3) is 0 Å². The highest BCUT2D eigenvalue weighted by Crippen LogP contribution is 2.23. The maximum absolute atomic E-state index is 12.0. The summed E-state index contributed by atoms with van der Waals surface area (Å²) in [6.07, 6.45) is 0. The number of hydrogen-bond acceptors (Lipinski definition) is 3. The van der Waals surface area contributed by atoms with Crippen molar-refractivity contribution in [3.63, 3.8) is 0 Å². The predicted octanol–water partition coefficient (Wildman–Crippen LogP) is 4.84. The molecule has 2 aromatic rings. The van der Waals surface area contributed by atoms with Crippen LogP contribution in [0.1, 0.15) is 43.9 Å². The molecule has 1 amide bonds. The Kier molecular flexibility index (Phi) is 5.88. The van der Waals surface area contributed by atoms with Crippen molar-refractivity contribution in [2.45, 2.75) is 36.9 Å². The number of benzene rings is 1. The second kappa shape index (κ2) is 7.66. The summed E-state index contributed by atoms with van der Waals surface area (Å²) < 4.78 is 1.18. The van der Waals surface area contributed by atoms with Gasteiger partial charge in [0.15, 0.2) is 0 Å². The Bertz CT molecular complexity index is 561. The second-order valence-corrected chi connectivity index (χ2v) is 7.55. The zero-order valence-electron chi connectivity index (χ0n) is 12.6. The molecule has 0 spiro atoms. The van der Waals surface area contributed by atoms with Crippen LogP contribution < -0.4 is 5.32 Å². The van der Waals surface area contributed by atoms with Crippen LogP contribution in [-0.4, -0.2) is 11.7 Å². The molecule has 1 unspecified atom stereocenters. The topological polar surface area (TPSA) is 29.1 Å². The van der Waals surface area contributed by atoms with Gasteiger partial charge in [-0.05, 0) is 35.4 Å². The fraction of sp³-hybridized carbons (Fsp3) is 0.353. The summed E-state index contributed by atoms with van der Waals surface area (Å²) >= 11 is 3.25. The van der Waals surface area contributed by atoms with Gasteiger partial charge in [-0.3, -0.25) is 4.79 Å². The number of thioether (sulfide) groups is 1. The van der Waals surface area contributed by atoms with Crippen molar-refractivity contribution in [1.29, 1.82) is 0 Å². The Morgan fingerprint density at radius 2 is 1.81 bits per heavy atom. The molecule has 1 atom stereocenters. The van der Waals surface area contributed by atoms with Crippen LogP contribution in [0.5, 0.6) is 0 Å². The number of hydrogen-bond donors (Lipinski definition) is 1. The lowest BCUT2D eigenvalue weighted by Crippen LogP contribution is -2.28. The number of amides is 1. The van der Waals surface area contributed by atoms with Gasteiger partial charge in [-0.25, -0.2) is 0 Å². The fourth-order valence-electron chi connectivity index (χ4n) is 2.02. The SMILES string of the molecule is CC(C)c1ccc(C(C)NC(=O)CSc2cccs2)cc1. The fourth-order valence-corrected chi connectivity index (χ4v) is 3.61. The molecule has 0 bridgehead atoms. The highest BCUT2D eigenvalue weighted by atomic mass is 32.2. The minimum Gasteiger partial charge on any atom is -0.349 e. The van der Waals surface area contributed by atoms with Gasteiger partial charge in [0, 0.05) is 0 Å². The van der Waals surface area contributed by atoms with Gasteiger partial charge in [0.25, 0.3) is 0 Å². The Morgan fingerprint density at radius 3 is 2.38 bits per heavy atom. The van der Waals surface area contributed by atoms with E-state index in [-0.39, 0.29) is 11.9 Å². The van der Waals surface area contributed by atoms with Crippen LogP contribution in [0.4, 0.5) is 0 Å². The van der Waals surface area contributed by atoms with E-state index in [0.717, 1.165) is 5.56 Å². The largest absolute Gasteiger partial charge is 0.349 e. The third-order valence-corrected chi connectivity index (χ3v) is 5.45. The van der Waals surface area contributed by atoms with Crippen LogP contribution in [0.3, 0.4) is 0 Å². The molecule has 0 saturated heterocycles. The van der Waals surface area contributed by atoms with E-state index in [9.17, 15) is 4.79 Å². The minimum absolute atomic E-state index is 0.0441. The smallest absolute Gasteiger partial charge is 0.230 e. The molecule has 0 aliphatic carbocycles. The van der Waals surface area contributed by atoms with Crippen molar-refractivity contribution >= 4 is 29.0 Å². The Balaban J connectivity index is 1.85. The number of nitrogens with one attached hydrogen (secondary N) is 1. The highest BCUT2D eigenvalue weighted by molar-refractivity contribution is 8.01. The van der Waals surface area contributed by atoms with Crippen molar-refractivity contribution in [3.05, 3.63) is 52.9 Å². The summed E-state index contributed by atoms with van der Waals surface area (Å²) in [5.74, 6) is 1.08. The van der Waals surface area contributed by atoms with Crippen LogP contribution in [0, 0.1) is 0 Å².